The van der Waals surface area contributed by atoms with E-state index < -0.39 is 41.6 Å². The molecule has 2 aromatic heterocycles. The molecule has 0 unspecified atom stereocenters. The summed E-state index contributed by atoms with van der Waals surface area (Å²) in [6, 6.07) is 31.9. The van der Waals surface area contributed by atoms with Gasteiger partial charge < -0.3 is 24.7 Å². The highest BCUT2D eigenvalue weighted by atomic mass is 16.6. The molecule has 1 aliphatic rings. The molecule has 0 radical (unpaired) electrons. The molecule has 12 heteroatoms. The van der Waals surface area contributed by atoms with Crippen molar-refractivity contribution in [3.63, 3.8) is 0 Å². The zero-order chi connectivity index (χ0) is 33.5. The fraction of sp³-hybridized carbons (Fsp3) is 0.222. The second-order valence-electron chi connectivity index (χ2n) is 11.2. The van der Waals surface area contributed by atoms with E-state index >= 15 is 0 Å². The fourth-order valence-corrected chi connectivity index (χ4v) is 5.80. The molecule has 6 rings (SSSR count). The van der Waals surface area contributed by atoms with Crippen LogP contribution in [0.5, 0.6) is 0 Å². The Morgan fingerprint density at radius 2 is 1.46 bits per heavy atom. The zero-order valence-electron chi connectivity index (χ0n) is 25.7. The number of nitrogen functional groups attached to an aromatic ring is 1. The molecule has 0 aliphatic carbocycles. The van der Waals surface area contributed by atoms with Crippen molar-refractivity contribution in [1.82, 2.24) is 14.6 Å². The molecule has 3 aromatic carbocycles. The number of aromatic nitrogens is 3. The molecule has 48 heavy (non-hydrogen) atoms. The molecular weight excluding hydrogens is 614 g/mol. The van der Waals surface area contributed by atoms with E-state index in [1.807, 2.05) is 24.3 Å². The fourth-order valence-electron chi connectivity index (χ4n) is 5.80. The van der Waals surface area contributed by atoms with E-state index in [9.17, 15) is 19.6 Å². The highest BCUT2D eigenvalue weighted by molar-refractivity contribution is 5.89. The summed E-state index contributed by atoms with van der Waals surface area (Å²) in [7, 11) is 0. The van der Waals surface area contributed by atoms with Crippen LogP contribution in [0.2, 0.25) is 0 Å². The third-order valence-corrected chi connectivity index (χ3v) is 8.11. The lowest BCUT2D eigenvalue weighted by molar-refractivity contribution is -0.155. The van der Waals surface area contributed by atoms with Gasteiger partial charge >= 0.3 is 17.9 Å². The first-order valence-electron chi connectivity index (χ1n) is 15.2. The van der Waals surface area contributed by atoms with E-state index in [0.29, 0.717) is 16.6 Å². The van der Waals surface area contributed by atoms with Crippen molar-refractivity contribution in [2.45, 2.75) is 30.7 Å². The summed E-state index contributed by atoms with van der Waals surface area (Å²) in [4.78, 5) is 43.5. The highest BCUT2D eigenvalue weighted by Gasteiger charge is 2.60. The number of rotatable bonds is 11. The average molecular weight is 646 g/mol. The standard InChI is InChI=1S/C36H31N5O7/c37-22-36(30-17-16-28-34(38)39-23-40-41(28)30)27(20-45-31(42)18-24-10-4-1-5-11-24)33(47-32(43)19-25-12-6-2-7-13-25)29(48-36)21-46-35(44)26-14-8-3-9-15-26/h1-17,23,27,29,33H,18-21H2,(H2,38,39,40)/t27-,29-,33+,36-/m1/s1. The molecule has 242 valence electrons. The lowest BCUT2D eigenvalue weighted by Gasteiger charge is -2.28. The number of esters is 3. The lowest BCUT2D eigenvalue weighted by Crippen LogP contribution is -2.42. The molecular formula is C36H31N5O7. The summed E-state index contributed by atoms with van der Waals surface area (Å²) in [5, 5.41) is 15.2. The molecule has 2 N–H and O–H groups in total. The quantitative estimate of drug-likeness (QED) is 0.164. The van der Waals surface area contributed by atoms with Gasteiger partial charge in [-0.1, -0.05) is 78.9 Å². The Morgan fingerprint density at radius 3 is 2.10 bits per heavy atom. The van der Waals surface area contributed by atoms with Crippen LogP contribution < -0.4 is 5.73 Å². The van der Waals surface area contributed by atoms with Gasteiger partial charge in [0.2, 0.25) is 5.60 Å². The van der Waals surface area contributed by atoms with Crippen LogP contribution in [-0.2, 0) is 47.0 Å². The van der Waals surface area contributed by atoms with Crippen molar-refractivity contribution < 1.29 is 33.3 Å². The van der Waals surface area contributed by atoms with Gasteiger partial charge in [-0.2, -0.15) is 10.4 Å². The molecule has 5 aromatic rings. The van der Waals surface area contributed by atoms with Gasteiger partial charge in [-0.15, -0.1) is 0 Å². The number of hydrogen-bond acceptors (Lipinski definition) is 11. The molecule has 12 nitrogen and oxygen atoms in total. The van der Waals surface area contributed by atoms with E-state index in [1.54, 1.807) is 78.9 Å². The van der Waals surface area contributed by atoms with Gasteiger partial charge in [0.15, 0.2) is 5.82 Å². The van der Waals surface area contributed by atoms with Gasteiger partial charge in [0.05, 0.1) is 30.0 Å². The number of nitrogens with zero attached hydrogens (tertiary/aromatic N) is 4. The van der Waals surface area contributed by atoms with Gasteiger partial charge in [-0.05, 0) is 35.4 Å². The molecule has 0 spiro atoms. The minimum absolute atomic E-state index is 0.0254. The minimum atomic E-state index is -1.90. The Hall–Kier alpha value is -6.06. The molecule has 4 atom stereocenters. The first kappa shape index (κ1) is 31.9. The molecule has 0 amide bonds. The first-order chi connectivity index (χ1) is 23.4. The number of carbonyl (C=O) groups is 3. The van der Waals surface area contributed by atoms with Gasteiger partial charge in [0.1, 0.15) is 43.3 Å². The molecule has 0 bridgehead atoms. The number of nitriles is 1. The van der Waals surface area contributed by atoms with E-state index in [4.69, 9.17) is 24.7 Å². The molecule has 1 fully saturated rings. The monoisotopic (exact) mass is 645 g/mol. The van der Waals surface area contributed by atoms with Crippen molar-refractivity contribution in [2.75, 3.05) is 18.9 Å². The van der Waals surface area contributed by atoms with Gasteiger partial charge in [0.25, 0.3) is 0 Å². The van der Waals surface area contributed by atoms with Gasteiger partial charge in [-0.3, -0.25) is 9.59 Å². The Labute approximate surface area is 275 Å². The number of anilines is 1. The number of ether oxygens (including phenoxy) is 4. The summed E-state index contributed by atoms with van der Waals surface area (Å²) >= 11 is 0. The van der Waals surface area contributed by atoms with Gasteiger partial charge in [0, 0.05) is 0 Å². The Balaban J connectivity index is 1.36. The summed E-state index contributed by atoms with van der Waals surface area (Å²) in [5.41, 5.74) is 6.58. The summed E-state index contributed by atoms with van der Waals surface area (Å²) in [5.74, 6) is -2.74. The molecule has 1 saturated heterocycles. The lowest BCUT2D eigenvalue weighted by atomic mass is 9.83. The first-order valence-corrected chi connectivity index (χ1v) is 15.2. The van der Waals surface area contributed by atoms with E-state index in [1.165, 1.54) is 10.8 Å². The van der Waals surface area contributed by atoms with Crippen LogP contribution in [0.1, 0.15) is 27.2 Å². The van der Waals surface area contributed by atoms with Crippen molar-refractivity contribution in [2.24, 2.45) is 5.92 Å². The predicted octanol–water partition coefficient (Wildman–Crippen LogP) is 3.84. The van der Waals surface area contributed by atoms with E-state index in [2.05, 4.69) is 16.2 Å². The number of hydrogen-bond donors (Lipinski definition) is 1. The third kappa shape index (κ3) is 6.72. The third-order valence-electron chi connectivity index (χ3n) is 8.11. The zero-order valence-corrected chi connectivity index (χ0v) is 25.7. The smallest absolute Gasteiger partial charge is 0.338 e. The minimum Gasteiger partial charge on any atom is -0.465 e. The normalized spacial score (nSPS) is 20.1. The van der Waals surface area contributed by atoms with Crippen molar-refractivity contribution >= 4 is 29.2 Å². The maximum absolute atomic E-state index is 13.4. The topological polar surface area (TPSA) is 168 Å². The molecule has 1 aliphatic heterocycles. The Kier molecular flexibility index (Phi) is 9.40. The summed E-state index contributed by atoms with van der Waals surface area (Å²) in [6.45, 7) is -0.755. The second kappa shape index (κ2) is 14.1. The number of nitrogens with two attached hydrogens (primary N) is 1. The number of fused-ring (bicyclic) bond motifs is 1. The van der Waals surface area contributed by atoms with Crippen LogP contribution in [0.25, 0.3) is 5.52 Å². The van der Waals surface area contributed by atoms with Crippen LogP contribution in [0.4, 0.5) is 5.82 Å². The van der Waals surface area contributed by atoms with Crippen LogP contribution in [0.3, 0.4) is 0 Å². The molecule has 3 heterocycles. The van der Waals surface area contributed by atoms with E-state index in [-0.39, 0.29) is 37.6 Å². The maximum atomic E-state index is 13.4. The Morgan fingerprint density at radius 1 is 0.833 bits per heavy atom. The van der Waals surface area contributed by atoms with Gasteiger partial charge in [-0.25, -0.2) is 14.3 Å². The Bertz CT molecular complexity index is 1950. The number of carbonyl (C=O) groups excluding carboxylic acids is 3. The van der Waals surface area contributed by atoms with Crippen LogP contribution in [0, 0.1) is 17.2 Å². The average Bonchev–Trinajstić information content (AvgIpc) is 3.68. The summed E-state index contributed by atoms with van der Waals surface area (Å²) in [6.07, 6.45) is -1.20. The SMILES string of the molecule is N#C[C@@]1(c2ccc3c(N)ncnn23)O[C@H](COC(=O)c2ccccc2)[C@@H](OC(=O)Cc2ccccc2)[C@H]1COC(=O)Cc1ccccc1. The van der Waals surface area contributed by atoms with Crippen molar-refractivity contribution in [1.29, 1.82) is 5.26 Å². The largest absolute Gasteiger partial charge is 0.465 e. The van der Waals surface area contributed by atoms with Crippen molar-refractivity contribution in [3.05, 3.63) is 132 Å². The van der Waals surface area contributed by atoms with Crippen molar-refractivity contribution in [3.8, 4) is 6.07 Å². The predicted molar refractivity (Wildman–Crippen MR) is 171 cm³/mol. The highest BCUT2D eigenvalue weighted by Crippen LogP contribution is 2.46. The number of benzene rings is 3. The van der Waals surface area contributed by atoms with Crippen LogP contribution in [0.15, 0.2) is 109 Å². The van der Waals surface area contributed by atoms with Crippen LogP contribution >= 0.6 is 0 Å². The van der Waals surface area contributed by atoms with Crippen LogP contribution in [-0.4, -0.2) is 57.9 Å². The summed E-state index contributed by atoms with van der Waals surface area (Å²) < 4.78 is 25.3. The second-order valence-corrected chi connectivity index (χ2v) is 11.2. The van der Waals surface area contributed by atoms with E-state index in [0.717, 1.165) is 5.56 Å². The maximum Gasteiger partial charge on any atom is 0.338 e. The molecule has 0 saturated carbocycles.